The topological polar surface area (TPSA) is 106 Å². The normalized spacial score (nSPS) is 16.0. The summed E-state index contributed by atoms with van der Waals surface area (Å²) in [5.74, 6) is 2.43. The number of pyridine rings is 1. The van der Waals surface area contributed by atoms with Gasteiger partial charge in [0.15, 0.2) is 11.9 Å². The zero-order valence-corrected chi connectivity index (χ0v) is 22.2. The summed E-state index contributed by atoms with van der Waals surface area (Å²) in [6.07, 6.45) is 10.1. The van der Waals surface area contributed by atoms with E-state index in [-0.39, 0.29) is 12.9 Å². The van der Waals surface area contributed by atoms with Gasteiger partial charge in [-0.05, 0) is 44.1 Å². The van der Waals surface area contributed by atoms with Gasteiger partial charge in [0.1, 0.15) is 11.6 Å². The number of aliphatic hydroxyl groups excluding tert-OH is 1. The van der Waals surface area contributed by atoms with Crippen molar-refractivity contribution in [2.45, 2.75) is 70.7 Å². The van der Waals surface area contributed by atoms with Crippen LogP contribution in [0.5, 0.6) is 5.88 Å². The molecule has 0 aromatic carbocycles. The van der Waals surface area contributed by atoms with Crippen LogP contribution < -0.4 is 15.0 Å². The summed E-state index contributed by atoms with van der Waals surface area (Å²) < 4.78 is 18.0. The minimum atomic E-state index is -0.205. The summed E-state index contributed by atoms with van der Waals surface area (Å²) in [6, 6.07) is 6.30. The Bertz CT molecular complexity index is 1100. The quantitative estimate of drug-likeness (QED) is 0.246. The largest absolute Gasteiger partial charge is 0.478 e. The van der Waals surface area contributed by atoms with Gasteiger partial charge in [0.25, 0.3) is 0 Å². The molecule has 1 aliphatic heterocycles. The predicted octanol–water partition coefficient (Wildman–Crippen LogP) is 3.82. The monoisotopic (exact) mass is 512 g/mol. The van der Waals surface area contributed by atoms with E-state index in [9.17, 15) is 5.11 Å². The first kappa shape index (κ1) is 27.1. The van der Waals surface area contributed by atoms with Crippen molar-refractivity contribution in [1.82, 2.24) is 19.6 Å². The first-order chi connectivity index (χ1) is 18.2. The summed E-state index contributed by atoms with van der Waals surface area (Å²) in [5, 5.41) is 17.7. The van der Waals surface area contributed by atoms with Gasteiger partial charge >= 0.3 is 0 Å². The molecule has 0 saturated carbocycles. The van der Waals surface area contributed by atoms with E-state index in [4.69, 9.17) is 19.2 Å². The highest BCUT2D eigenvalue weighted by molar-refractivity contribution is 5.61. The molecule has 202 valence electrons. The van der Waals surface area contributed by atoms with Crippen molar-refractivity contribution in [3.63, 3.8) is 0 Å². The van der Waals surface area contributed by atoms with Crippen LogP contribution in [0, 0.1) is 0 Å². The van der Waals surface area contributed by atoms with Crippen LogP contribution in [0.3, 0.4) is 0 Å². The second-order valence-corrected chi connectivity index (χ2v) is 9.36. The molecule has 10 heteroatoms. The van der Waals surface area contributed by atoms with Gasteiger partial charge in [0, 0.05) is 70.3 Å². The molecule has 3 aromatic heterocycles. The maximum absolute atomic E-state index is 9.59. The van der Waals surface area contributed by atoms with Crippen LogP contribution in [-0.2, 0) is 22.4 Å². The fourth-order valence-electron chi connectivity index (χ4n) is 4.82. The van der Waals surface area contributed by atoms with E-state index >= 15 is 0 Å². The lowest BCUT2D eigenvalue weighted by molar-refractivity contribution is -0.108. The summed E-state index contributed by atoms with van der Waals surface area (Å²) in [4.78, 5) is 11.8. The highest BCUT2D eigenvalue weighted by Gasteiger charge is 2.25. The molecule has 2 N–H and O–H groups in total. The number of nitrogens with one attached hydrogen (secondary N) is 1. The second-order valence-electron chi connectivity index (χ2n) is 9.36. The Labute approximate surface area is 219 Å². The number of ether oxygens (including phenoxy) is 3. The maximum atomic E-state index is 9.59. The molecule has 10 nitrogen and oxygen atoms in total. The number of fused-ring (bicyclic) bond motifs is 1. The minimum Gasteiger partial charge on any atom is -0.478 e. The number of hydrogen-bond acceptors (Lipinski definition) is 9. The Morgan fingerprint density at radius 3 is 2.78 bits per heavy atom. The van der Waals surface area contributed by atoms with Crippen molar-refractivity contribution >= 4 is 17.3 Å². The van der Waals surface area contributed by atoms with Gasteiger partial charge in [-0.25, -0.2) is 9.97 Å². The van der Waals surface area contributed by atoms with Gasteiger partial charge in [-0.1, -0.05) is 13.0 Å². The summed E-state index contributed by atoms with van der Waals surface area (Å²) in [5.41, 5.74) is 3.03. The zero-order chi connectivity index (χ0) is 26.0. The molecule has 37 heavy (non-hydrogen) atoms. The van der Waals surface area contributed by atoms with Crippen molar-refractivity contribution < 1.29 is 19.3 Å². The molecule has 4 rings (SSSR count). The standard InChI is InChI=1S/C27H40N6O4/c1-4-21-19-30-33-23(16-24(31-27(21)33)32-13-6-5-8-22(32)12-14-34)28-17-20-10-11-25(29-18-20)37-15-7-9-26(35-2)36-3/h10-11,16,18-19,22,26,28,34H,4-9,12-15,17H2,1-3H3/t22-/m0/s1. The van der Waals surface area contributed by atoms with Crippen molar-refractivity contribution in [2.24, 2.45) is 0 Å². The molecule has 4 heterocycles. The zero-order valence-electron chi connectivity index (χ0n) is 22.2. The number of aromatic nitrogens is 4. The van der Waals surface area contributed by atoms with Crippen LogP contribution in [0.25, 0.3) is 5.65 Å². The number of aliphatic hydroxyl groups is 1. The number of methoxy groups -OCH3 is 2. The molecule has 1 fully saturated rings. The van der Waals surface area contributed by atoms with Crippen molar-refractivity contribution in [3.05, 3.63) is 41.7 Å². The molecular weight excluding hydrogens is 472 g/mol. The van der Waals surface area contributed by atoms with Crippen molar-refractivity contribution in [1.29, 1.82) is 0 Å². The first-order valence-electron chi connectivity index (χ1n) is 13.3. The number of hydrogen-bond donors (Lipinski definition) is 2. The van der Waals surface area contributed by atoms with Gasteiger partial charge in [-0.3, -0.25) is 0 Å². The highest BCUT2D eigenvalue weighted by atomic mass is 16.7. The molecule has 3 aromatic rings. The fraction of sp³-hybridized carbons (Fsp3) is 0.593. The third-order valence-corrected chi connectivity index (χ3v) is 6.93. The van der Waals surface area contributed by atoms with Gasteiger partial charge in [0.05, 0.1) is 12.8 Å². The predicted molar refractivity (Wildman–Crippen MR) is 143 cm³/mol. The van der Waals surface area contributed by atoms with Crippen LogP contribution in [-0.4, -0.2) is 71.0 Å². The summed E-state index contributed by atoms with van der Waals surface area (Å²) >= 11 is 0. The summed E-state index contributed by atoms with van der Waals surface area (Å²) in [7, 11) is 3.27. The van der Waals surface area contributed by atoms with E-state index in [1.54, 1.807) is 14.2 Å². The lowest BCUT2D eigenvalue weighted by atomic mass is 9.99. The highest BCUT2D eigenvalue weighted by Crippen LogP contribution is 2.29. The van der Waals surface area contributed by atoms with E-state index in [0.717, 1.165) is 73.5 Å². The minimum absolute atomic E-state index is 0.189. The van der Waals surface area contributed by atoms with Crippen LogP contribution in [0.15, 0.2) is 30.6 Å². The fourth-order valence-corrected chi connectivity index (χ4v) is 4.82. The number of piperidine rings is 1. The lowest BCUT2D eigenvalue weighted by Gasteiger charge is -2.36. The van der Waals surface area contributed by atoms with Gasteiger partial charge in [0.2, 0.25) is 5.88 Å². The lowest BCUT2D eigenvalue weighted by Crippen LogP contribution is -2.40. The molecule has 0 amide bonds. The number of rotatable bonds is 14. The Kier molecular flexibility index (Phi) is 9.92. The first-order valence-corrected chi connectivity index (χ1v) is 13.3. The second kappa shape index (κ2) is 13.6. The Morgan fingerprint density at radius 2 is 2.05 bits per heavy atom. The molecular formula is C27H40N6O4. The van der Waals surface area contributed by atoms with E-state index in [1.165, 1.54) is 6.42 Å². The van der Waals surface area contributed by atoms with E-state index in [2.05, 4.69) is 33.3 Å². The van der Waals surface area contributed by atoms with Crippen LogP contribution in [0.1, 0.15) is 56.6 Å². The molecule has 0 spiro atoms. The molecule has 0 bridgehead atoms. The average Bonchev–Trinajstić information content (AvgIpc) is 3.36. The molecule has 1 aliphatic rings. The SMILES string of the molecule is CCc1cnn2c(NCc3ccc(OCCCC(OC)OC)nc3)cc(N3CCCC[C@H]3CCO)nc12. The number of aryl methyl sites for hydroxylation is 1. The molecule has 1 saturated heterocycles. The molecule has 0 aliphatic carbocycles. The van der Waals surface area contributed by atoms with Gasteiger partial charge in [-0.15, -0.1) is 0 Å². The van der Waals surface area contributed by atoms with Crippen LogP contribution >= 0.6 is 0 Å². The number of anilines is 2. The van der Waals surface area contributed by atoms with Crippen LogP contribution in [0.4, 0.5) is 11.6 Å². The molecule has 0 unspecified atom stereocenters. The third kappa shape index (κ3) is 6.88. The Balaban J connectivity index is 1.44. The molecule has 0 radical (unpaired) electrons. The van der Waals surface area contributed by atoms with Gasteiger partial charge < -0.3 is 29.5 Å². The molecule has 1 atom stereocenters. The van der Waals surface area contributed by atoms with E-state index in [1.807, 2.05) is 29.0 Å². The van der Waals surface area contributed by atoms with E-state index < -0.39 is 0 Å². The Morgan fingerprint density at radius 1 is 1.19 bits per heavy atom. The number of nitrogens with zero attached hydrogens (tertiary/aromatic N) is 5. The van der Waals surface area contributed by atoms with Crippen LogP contribution in [0.2, 0.25) is 0 Å². The third-order valence-electron chi connectivity index (χ3n) is 6.93. The summed E-state index contributed by atoms with van der Waals surface area (Å²) in [6.45, 7) is 4.41. The average molecular weight is 513 g/mol. The smallest absolute Gasteiger partial charge is 0.213 e. The van der Waals surface area contributed by atoms with E-state index in [0.29, 0.717) is 25.1 Å². The van der Waals surface area contributed by atoms with Crippen molar-refractivity contribution in [2.75, 3.05) is 44.2 Å². The van der Waals surface area contributed by atoms with Gasteiger partial charge in [-0.2, -0.15) is 9.61 Å². The maximum Gasteiger partial charge on any atom is 0.213 e. The van der Waals surface area contributed by atoms with Crippen molar-refractivity contribution in [3.8, 4) is 5.88 Å². The Hall–Kier alpha value is -2.95.